The summed E-state index contributed by atoms with van der Waals surface area (Å²) in [6.07, 6.45) is 1.11. The van der Waals surface area contributed by atoms with Crippen LogP contribution in [0.4, 0.5) is 9.18 Å². The molecule has 0 bridgehead atoms. The van der Waals surface area contributed by atoms with Crippen LogP contribution in [-0.2, 0) is 43.3 Å². The Balaban J connectivity index is 1.21. The third kappa shape index (κ3) is 12.1. The highest BCUT2D eigenvalue weighted by Crippen LogP contribution is 2.49. The Morgan fingerprint density at radius 1 is 0.972 bits per heavy atom. The van der Waals surface area contributed by atoms with Gasteiger partial charge in [-0.1, -0.05) is 60.1 Å². The Morgan fingerprint density at radius 2 is 1.75 bits per heavy atom. The zero-order chi connectivity index (χ0) is 50.9. The molecule has 0 saturated carbocycles. The lowest BCUT2D eigenvalue weighted by atomic mass is 9.94. The predicted molar refractivity (Wildman–Crippen MR) is 271 cm³/mol. The second kappa shape index (κ2) is 23.2. The van der Waals surface area contributed by atoms with Crippen molar-refractivity contribution < 1.29 is 52.2 Å². The number of benzene rings is 4. The number of para-hydroxylation sites is 1. The minimum absolute atomic E-state index is 0.00144. The van der Waals surface area contributed by atoms with Gasteiger partial charge in [-0.15, -0.1) is 11.3 Å². The van der Waals surface area contributed by atoms with Crippen LogP contribution in [-0.4, -0.2) is 93.8 Å². The average molecular weight is 1020 g/mol. The van der Waals surface area contributed by atoms with Crippen molar-refractivity contribution in [3.63, 3.8) is 0 Å². The molecular formula is C54H55ClFN5O10S. The lowest BCUT2D eigenvalue weighted by Gasteiger charge is -2.27. The van der Waals surface area contributed by atoms with Crippen LogP contribution in [0.3, 0.4) is 0 Å². The molecule has 4 heterocycles. The summed E-state index contributed by atoms with van der Waals surface area (Å²) in [5.74, 6) is 0.446. The van der Waals surface area contributed by atoms with Gasteiger partial charge in [-0.25, -0.2) is 33.9 Å². The third-order valence-corrected chi connectivity index (χ3v) is 13.1. The molecule has 376 valence electrons. The molecule has 15 nitrogen and oxygen atoms in total. The van der Waals surface area contributed by atoms with Gasteiger partial charge in [0.1, 0.15) is 40.7 Å². The van der Waals surface area contributed by atoms with E-state index in [-0.39, 0.29) is 45.2 Å². The van der Waals surface area contributed by atoms with Gasteiger partial charge in [-0.05, 0) is 105 Å². The summed E-state index contributed by atoms with van der Waals surface area (Å²) in [4.78, 5) is 48.8. The number of carbonyl (C=O) groups is 2. The molecule has 1 amide bonds. The Kier molecular flexibility index (Phi) is 16.6. The molecule has 1 aliphatic heterocycles. The van der Waals surface area contributed by atoms with Gasteiger partial charge in [0.05, 0.1) is 55.2 Å². The molecule has 1 fully saturated rings. The molecule has 72 heavy (non-hydrogen) atoms. The fraction of sp³-hybridized carbons (Fsp3) is 0.333. The van der Waals surface area contributed by atoms with Crippen LogP contribution in [0.1, 0.15) is 68.4 Å². The second-order valence-electron chi connectivity index (χ2n) is 17.7. The van der Waals surface area contributed by atoms with E-state index in [0.717, 1.165) is 16.9 Å². The number of methoxy groups -OCH3 is 1. The summed E-state index contributed by atoms with van der Waals surface area (Å²) in [6, 6.07) is 24.5. The quantitative estimate of drug-likeness (QED) is 0.0804. The fourth-order valence-electron chi connectivity index (χ4n) is 8.15. The third-order valence-electron chi connectivity index (χ3n) is 11.5. The number of esters is 1. The van der Waals surface area contributed by atoms with E-state index >= 15 is 0 Å². The minimum atomic E-state index is -1.31. The number of fused-ring (bicyclic) bond motifs is 1. The number of halogens is 2. The number of aliphatic hydroxyl groups is 1. The van der Waals surface area contributed by atoms with Crippen LogP contribution < -0.4 is 14.2 Å². The van der Waals surface area contributed by atoms with Gasteiger partial charge in [0.2, 0.25) is 12.0 Å². The molecule has 1 N–H and O–H groups in total. The van der Waals surface area contributed by atoms with E-state index in [1.807, 2.05) is 49.4 Å². The number of amides is 1. The standard InChI is InChI=1S/C54H55ClFN5O10S/c1-7-66-51(63)43(70-49-45-44(38-18-19-40(46(55)32(38)2)52-67-25-10-26-68-52)47(72-50(45)59-31-58-49)34-14-16-36(56)17-15-34)28-35-27-33(29-61(23-24-62)53(64)71-54(3,4)5)13-20-41(35)69-30-37-21-22-57-48(60-37)39-11-8-9-12-42(39)65-6/h8-9,11-22,27,31,43,52,62H,7,10,23-26,28-30H2,1-6H3/t43-/m1/s1. The van der Waals surface area contributed by atoms with Crippen LogP contribution in [0.25, 0.3) is 43.2 Å². The van der Waals surface area contributed by atoms with E-state index in [9.17, 15) is 19.1 Å². The van der Waals surface area contributed by atoms with Gasteiger partial charge < -0.3 is 43.2 Å². The van der Waals surface area contributed by atoms with Crippen molar-refractivity contribution in [2.45, 2.75) is 78.6 Å². The van der Waals surface area contributed by atoms with E-state index < -0.39 is 35.9 Å². The molecular weight excluding hydrogens is 965 g/mol. The molecule has 0 radical (unpaired) electrons. The number of aliphatic hydroxyl groups excluding tert-OH is 1. The maximum Gasteiger partial charge on any atom is 0.410 e. The van der Waals surface area contributed by atoms with Crippen molar-refractivity contribution in [2.24, 2.45) is 0 Å². The first-order chi connectivity index (χ1) is 34.7. The van der Waals surface area contributed by atoms with Crippen LogP contribution in [0, 0.1) is 12.7 Å². The summed E-state index contributed by atoms with van der Waals surface area (Å²) in [5, 5.41) is 10.9. The number of nitrogens with zero attached hydrogens (tertiary/aromatic N) is 5. The molecule has 0 unspecified atom stereocenters. The number of ether oxygens (including phenoxy) is 7. The number of hydrogen-bond acceptors (Lipinski definition) is 15. The van der Waals surface area contributed by atoms with E-state index in [2.05, 4.69) is 15.0 Å². The van der Waals surface area contributed by atoms with Gasteiger partial charge in [-0.2, -0.15) is 0 Å². The van der Waals surface area contributed by atoms with E-state index in [0.29, 0.717) is 90.4 Å². The average Bonchev–Trinajstić information content (AvgIpc) is 3.77. The zero-order valence-electron chi connectivity index (χ0n) is 40.8. The normalized spacial score (nSPS) is 13.4. The summed E-state index contributed by atoms with van der Waals surface area (Å²) in [5.41, 5.74) is 5.12. The molecule has 8 rings (SSSR count). The molecule has 0 spiro atoms. The van der Waals surface area contributed by atoms with E-state index in [4.69, 9.17) is 49.7 Å². The van der Waals surface area contributed by atoms with Crippen molar-refractivity contribution >= 4 is 45.2 Å². The van der Waals surface area contributed by atoms with Gasteiger partial charge in [0.15, 0.2) is 12.1 Å². The Morgan fingerprint density at radius 3 is 2.49 bits per heavy atom. The molecule has 1 aliphatic rings. The van der Waals surface area contributed by atoms with Crippen LogP contribution in [0.15, 0.2) is 97.5 Å². The van der Waals surface area contributed by atoms with Crippen molar-refractivity contribution in [3.05, 3.63) is 136 Å². The van der Waals surface area contributed by atoms with Crippen molar-refractivity contribution in [2.75, 3.05) is 40.1 Å². The van der Waals surface area contributed by atoms with Gasteiger partial charge >= 0.3 is 12.1 Å². The van der Waals surface area contributed by atoms with Crippen molar-refractivity contribution in [1.82, 2.24) is 24.8 Å². The Labute approximate surface area is 425 Å². The minimum Gasteiger partial charge on any atom is -0.496 e. The van der Waals surface area contributed by atoms with E-state index in [1.165, 1.54) is 34.7 Å². The number of aromatic nitrogens is 4. The summed E-state index contributed by atoms with van der Waals surface area (Å²) < 4.78 is 56.4. The largest absolute Gasteiger partial charge is 0.496 e. The highest BCUT2D eigenvalue weighted by molar-refractivity contribution is 7.22. The molecule has 1 atom stereocenters. The van der Waals surface area contributed by atoms with Crippen molar-refractivity contribution in [3.8, 4) is 50.3 Å². The fourth-order valence-corrected chi connectivity index (χ4v) is 9.55. The van der Waals surface area contributed by atoms with Gasteiger partial charge in [-0.3, -0.25) is 0 Å². The number of hydrogen-bond donors (Lipinski definition) is 1. The second-order valence-corrected chi connectivity index (χ2v) is 19.1. The smallest absolute Gasteiger partial charge is 0.410 e. The highest BCUT2D eigenvalue weighted by atomic mass is 35.5. The molecule has 3 aromatic heterocycles. The molecule has 4 aromatic carbocycles. The Bertz CT molecular complexity index is 3040. The molecule has 7 aromatic rings. The number of rotatable bonds is 18. The topological polar surface area (TPSA) is 174 Å². The first-order valence-corrected chi connectivity index (χ1v) is 24.6. The molecule has 18 heteroatoms. The van der Waals surface area contributed by atoms with E-state index in [1.54, 1.807) is 71.3 Å². The maximum atomic E-state index is 14.4. The number of thiophene rings is 1. The SMILES string of the molecule is CCOC(=O)[C@@H](Cc1cc(CN(CCO)C(=O)OC(C)(C)C)ccc1OCc1ccnc(-c2ccccc2OC)n1)Oc1ncnc2sc(-c3ccc(F)cc3)c(-c3ccc(C4OCCCO4)c(Cl)c3C)c12. The molecule has 1 saturated heterocycles. The van der Waals surface area contributed by atoms with Crippen LogP contribution in [0.5, 0.6) is 17.4 Å². The lowest BCUT2D eigenvalue weighted by molar-refractivity contribution is -0.182. The first-order valence-electron chi connectivity index (χ1n) is 23.4. The highest BCUT2D eigenvalue weighted by Gasteiger charge is 2.31. The lowest BCUT2D eigenvalue weighted by Crippen LogP contribution is -2.38. The van der Waals surface area contributed by atoms with Gasteiger partial charge in [0.25, 0.3) is 0 Å². The van der Waals surface area contributed by atoms with Crippen molar-refractivity contribution in [1.29, 1.82) is 0 Å². The predicted octanol–water partition coefficient (Wildman–Crippen LogP) is 10.9. The summed E-state index contributed by atoms with van der Waals surface area (Å²) >= 11 is 8.50. The Hall–Kier alpha value is -6.76. The zero-order valence-corrected chi connectivity index (χ0v) is 42.4. The maximum absolute atomic E-state index is 14.4. The van der Waals surface area contributed by atoms with Gasteiger partial charge in [0, 0.05) is 41.7 Å². The summed E-state index contributed by atoms with van der Waals surface area (Å²) in [6.45, 7) is 9.77. The summed E-state index contributed by atoms with van der Waals surface area (Å²) in [7, 11) is 1.58. The van der Waals surface area contributed by atoms with Crippen LogP contribution in [0.2, 0.25) is 5.02 Å². The number of carbonyl (C=O) groups excluding carboxylic acids is 2. The monoisotopic (exact) mass is 1020 g/mol. The van der Waals surface area contributed by atoms with Crippen LogP contribution >= 0.6 is 22.9 Å². The first kappa shape index (κ1) is 51.6. The molecule has 0 aliphatic carbocycles.